The minimum absolute atomic E-state index is 0.0746. The van der Waals surface area contributed by atoms with Gasteiger partial charge in [-0.05, 0) is 54.5 Å². The third kappa shape index (κ3) is 6.09. The first-order valence-corrected chi connectivity index (χ1v) is 15.7. The van der Waals surface area contributed by atoms with Crippen LogP contribution in [0.15, 0.2) is 71.6 Å². The lowest BCUT2D eigenvalue weighted by Gasteiger charge is -2.30. The van der Waals surface area contributed by atoms with Crippen LogP contribution >= 0.6 is 23.1 Å². The summed E-state index contributed by atoms with van der Waals surface area (Å²) in [5.74, 6) is -1.13. The van der Waals surface area contributed by atoms with Gasteiger partial charge in [-0.15, -0.1) is 23.1 Å². The van der Waals surface area contributed by atoms with Crippen LogP contribution in [0.5, 0.6) is 0 Å². The highest BCUT2D eigenvalue weighted by molar-refractivity contribution is 7.98. The first-order chi connectivity index (χ1) is 17.8. The van der Waals surface area contributed by atoms with E-state index in [1.165, 1.54) is 11.3 Å². The second-order valence-electron chi connectivity index (χ2n) is 9.03. The number of sulfone groups is 1. The second-order valence-corrected chi connectivity index (χ2v) is 13.4. The molecule has 0 radical (unpaired) electrons. The van der Waals surface area contributed by atoms with Crippen LogP contribution in [-0.2, 0) is 30.6 Å². The van der Waals surface area contributed by atoms with Crippen molar-refractivity contribution in [3.05, 3.63) is 77.2 Å². The summed E-state index contributed by atoms with van der Waals surface area (Å²) in [6, 6.07) is 21.3. The number of thioether (sulfide) groups is 1. The highest BCUT2D eigenvalue weighted by atomic mass is 32.2. The minimum atomic E-state index is -3.85. The van der Waals surface area contributed by atoms with Crippen LogP contribution in [0.2, 0.25) is 0 Å². The van der Waals surface area contributed by atoms with Crippen LogP contribution in [0.1, 0.15) is 29.7 Å². The third-order valence-electron chi connectivity index (χ3n) is 6.83. The van der Waals surface area contributed by atoms with Gasteiger partial charge in [-0.1, -0.05) is 42.5 Å². The fraction of sp³-hybridized carbons (Fsp3) is 0.333. The number of hydroxylamine groups is 1. The van der Waals surface area contributed by atoms with E-state index >= 15 is 0 Å². The predicted molar refractivity (Wildman–Crippen MR) is 148 cm³/mol. The van der Waals surface area contributed by atoms with E-state index in [4.69, 9.17) is 0 Å². The van der Waals surface area contributed by atoms with E-state index in [-0.39, 0.29) is 37.6 Å². The van der Waals surface area contributed by atoms with Crippen molar-refractivity contribution in [1.29, 1.82) is 0 Å². The van der Waals surface area contributed by atoms with Gasteiger partial charge in [-0.25, -0.2) is 13.9 Å². The third-order valence-corrected chi connectivity index (χ3v) is 11.5. The maximum atomic E-state index is 13.8. The highest BCUT2D eigenvalue weighted by Gasteiger charge is 2.49. The normalized spacial score (nSPS) is 19.2. The molecule has 1 aliphatic heterocycles. The predicted octanol–water partition coefficient (Wildman–Crippen LogP) is 4.51. The molecule has 1 atom stereocenters. The molecule has 0 saturated carbocycles. The summed E-state index contributed by atoms with van der Waals surface area (Å²) in [5, 5.41) is 9.26. The van der Waals surface area contributed by atoms with E-state index in [9.17, 15) is 23.2 Å². The summed E-state index contributed by atoms with van der Waals surface area (Å²) in [7, 11) is -3.85. The molecular weight excluding hydrogens is 529 g/mol. The Hall–Kier alpha value is -2.66. The molecule has 1 aliphatic rings. The van der Waals surface area contributed by atoms with E-state index in [1.807, 2.05) is 66.9 Å². The maximum Gasteiger partial charge on any atom is 0.245 e. The molecule has 2 aromatic carbocycles. The van der Waals surface area contributed by atoms with E-state index in [1.54, 1.807) is 28.2 Å². The number of carbonyl (C=O) groups excluding carboxylic acids is 2. The van der Waals surface area contributed by atoms with Crippen LogP contribution in [0.25, 0.3) is 10.4 Å². The van der Waals surface area contributed by atoms with Gasteiger partial charge in [0, 0.05) is 34.2 Å². The highest BCUT2D eigenvalue weighted by Crippen LogP contribution is 2.45. The summed E-state index contributed by atoms with van der Waals surface area (Å²) < 4.78 is 26.0. The van der Waals surface area contributed by atoms with Gasteiger partial charge in [0.1, 0.15) is 4.75 Å². The minimum Gasteiger partial charge on any atom is -0.342 e. The van der Waals surface area contributed by atoms with Crippen LogP contribution in [-0.4, -0.2) is 55.4 Å². The zero-order chi connectivity index (χ0) is 26.5. The number of rotatable bonds is 8. The van der Waals surface area contributed by atoms with Gasteiger partial charge in [0.25, 0.3) is 0 Å². The second kappa shape index (κ2) is 11.8. The lowest BCUT2D eigenvalue weighted by molar-refractivity contribution is -0.131. The van der Waals surface area contributed by atoms with Gasteiger partial charge in [0.05, 0.1) is 12.2 Å². The first kappa shape index (κ1) is 27.4. The number of hydrogen-bond acceptors (Lipinski definition) is 7. The van der Waals surface area contributed by atoms with Crippen molar-refractivity contribution in [3.63, 3.8) is 0 Å². The zero-order valence-corrected chi connectivity index (χ0v) is 23.0. The maximum absolute atomic E-state index is 13.8. The Balaban J connectivity index is 1.61. The molecule has 1 saturated heterocycles. The number of amides is 2. The summed E-state index contributed by atoms with van der Waals surface area (Å²) in [6.07, 6.45) is 2.52. The Morgan fingerprint density at radius 2 is 1.78 bits per heavy atom. The van der Waals surface area contributed by atoms with Crippen molar-refractivity contribution >= 4 is 44.8 Å². The van der Waals surface area contributed by atoms with Crippen molar-refractivity contribution < 1.29 is 23.2 Å². The molecule has 7 nitrogen and oxygen atoms in total. The molecule has 196 valence electrons. The van der Waals surface area contributed by atoms with Crippen LogP contribution < -0.4 is 5.48 Å². The van der Waals surface area contributed by atoms with E-state index < -0.39 is 26.9 Å². The summed E-state index contributed by atoms with van der Waals surface area (Å²) in [6.45, 7) is 0.286. The Labute approximate surface area is 225 Å². The van der Waals surface area contributed by atoms with E-state index in [0.717, 1.165) is 20.9 Å². The standard InChI is InChI=1S/C27H30N2O5S3/c1-35-22-10-8-21(9-11-22)23-12-13-24(36-23)27(19-25(30)28-32)15-16-29(17-18-37(27,33)34)26(31)14-7-20-5-3-2-4-6-20/h2-6,8-13,32H,7,14-19H2,1H3,(H,28,30). The summed E-state index contributed by atoms with van der Waals surface area (Å²) >= 11 is 2.97. The molecule has 2 N–H and O–H groups in total. The largest absolute Gasteiger partial charge is 0.342 e. The number of thiophene rings is 1. The molecule has 10 heteroatoms. The summed E-state index contributed by atoms with van der Waals surface area (Å²) in [4.78, 5) is 29.5. The Morgan fingerprint density at radius 1 is 1.05 bits per heavy atom. The molecule has 1 fully saturated rings. The van der Waals surface area contributed by atoms with Crippen molar-refractivity contribution in [2.45, 2.75) is 35.3 Å². The van der Waals surface area contributed by atoms with Gasteiger partial charge in [-0.3, -0.25) is 14.8 Å². The smallest absolute Gasteiger partial charge is 0.245 e. The number of aryl methyl sites for hydroxylation is 1. The molecule has 3 aromatic rings. The number of nitrogens with zero attached hydrogens (tertiary/aromatic N) is 1. The topological polar surface area (TPSA) is 104 Å². The van der Waals surface area contributed by atoms with Gasteiger partial charge in [0.15, 0.2) is 9.84 Å². The van der Waals surface area contributed by atoms with Crippen molar-refractivity contribution in [2.24, 2.45) is 0 Å². The molecular formula is C27H30N2O5S3. The molecule has 0 bridgehead atoms. The quantitative estimate of drug-likeness (QED) is 0.240. The average molecular weight is 559 g/mol. The Bertz CT molecular complexity index is 1340. The van der Waals surface area contributed by atoms with E-state index in [2.05, 4.69) is 0 Å². The lowest BCUT2D eigenvalue weighted by Crippen LogP contribution is -2.41. The molecule has 2 amide bonds. The van der Waals surface area contributed by atoms with Crippen LogP contribution in [0, 0.1) is 0 Å². The van der Waals surface area contributed by atoms with Gasteiger partial charge >= 0.3 is 0 Å². The van der Waals surface area contributed by atoms with Crippen LogP contribution in [0.4, 0.5) is 0 Å². The molecule has 0 aliphatic carbocycles. The number of hydrogen-bond donors (Lipinski definition) is 2. The van der Waals surface area contributed by atoms with Gasteiger partial charge in [0.2, 0.25) is 11.8 Å². The molecule has 2 heterocycles. The molecule has 0 spiro atoms. The fourth-order valence-corrected chi connectivity index (χ4v) is 8.68. The zero-order valence-electron chi connectivity index (χ0n) is 20.6. The first-order valence-electron chi connectivity index (χ1n) is 12.0. The van der Waals surface area contributed by atoms with Crippen molar-refractivity contribution in [3.8, 4) is 10.4 Å². The van der Waals surface area contributed by atoms with E-state index in [0.29, 0.717) is 11.3 Å². The van der Waals surface area contributed by atoms with Crippen molar-refractivity contribution in [1.82, 2.24) is 10.4 Å². The fourth-order valence-electron chi connectivity index (χ4n) is 4.67. The van der Waals surface area contributed by atoms with Crippen LogP contribution in [0.3, 0.4) is 0 Å². The molecule has 1 unspecified atom stereocenters. The van der Waals surface area contributed by atoms with Gasteiger partial charge in [-0.2, -0.15) is 0 Å². The number of nitrogens with one attached hydrogen (secondary N) is 1. The monoisotopic (exact) mass is 558 g/mol. The van der Waals surface area contributed by atoms with Gasteiger partial charge < -0.3 is 4.90 Å². The molecule has 1 aromatic heterocycles. The molecule has 37 heavy (non-hydrogen) atoms. The van der Waals surface area contributed by atoms with Crippen molar-refractivity contribution in [2.75, 3.05) is 25.1 Å². The average Bonchev–Trinajstić information content (AvgIpc) is 3.37. The number of carbonyl (C=O) groups is 2. The number of benzene rings is 2. The SMILES string of the molecule is CSc1ccc(-c2ccc(C3(CC(=O)NO)CCN(C(=O)CCc4ccccc4)CCS3(=O)=O)s2)cc1. The Morgan fingerprint density at radius 3 is 2.46 bits per heavy atom. The Kier molecular flexibility index (Phi) is 8.74. The lowest BCUT2D eigenvalue weighted by atomic mass is 9.97. The molecule has 4 rings (SSSR count). The summed E-state index contributed by atoms with van der Waals surface area (Å²) in [5.41, 5.74) is 3.61.